The lowest BCUT2D eigenvalue weighted by atomic mass is 9.96. The molecule has 0 amide bonds. The highest BCUT2D eigenvalue weighted by Crippen LogP contribution is 2.39. The van der Waals surface area contributed by atoms with Gasteiger partial charge in [-0.2, -0.15) is 13.2 Å². The molecule has 2 aliphatic rings. The van der Waals surface area contributed by atoms with Crippen LogP contribution in [0.3, 0.4) is 0 Å². The van der Waals surface area contributed by atoms with Crippen molar-refractivity contribution in [3.05, 3.63) is 98.6 Å². The third kappa shape index (κ3) is 9.05. The van der Waals surface area contributed by atoms with Crippen LogP contribution >= 0.6 is 0 Å². The van der Waals surface area contributed by atoms with Crippen LogP contribution in [0.25, 0.3) is 11.1 Å². The Morgan fingerprint density at radius 2 is 1.80 bits per heavy atom. The summed E-state index contributed by atoms with van der Waals surface area (Å²) in [6, 6.07) is 3.18. The van der Waals surface area contributed by atoms with Gasteiger partial charge in [0.2, 0.25) is 5.88 Å². The molecule has 0 spiro atoms. The van der Waals surface area contributed by atoms with Gasteiger partial charge in [-0.3, -0.25) is 23.7 Å². The first-order valence-electron chi connectivity index (χ1n) is 17.7. The minimum atomic E-state index is -4.96. The van der Waals surface area contributed by atoms with Crippen molar-refractivity contribution in [2.24, 2.45) is 11.7 Å². The highest BCUT2D eigenvalue weighted by Gasteiger charge is 2.37. The van der Waals surface area contributed by atoms with E-state index in [1.54, 1.807) is 22.7 Å². The second-order valence-electron chi connectivity index (χ2n) is 13.9. The van der Waals surface area contributed by atoms with Crippen LogP contribution in [0.5, 0.6) is 11.6 Å². The fourth-order valence-corrected chi connectivity index (χ4v) is 6.60. The Morgan fingerprint density at radius 1 is 1.07 bits per heavy atom. The van der Waals surface area contributed by atoms with Crippen LogP contribution < -0.4 is 16.0 Å². The van der Waals surface area contributed by atoms with Gasteiger partial charge in [-0.05, 0) is 86.1 Å². The highest BCUT2D eigenvalue weighted by molar-refractivity contribution is 5.77. The lowest BCUT2D eigenvalue weighted by molar-refractivity contribution is -0.143. The number of hydrogen-bond acceptors (Lipinski definition) is 8. The average molecular weight is 776 g/mol. The van der Waals surface area contributed by atoms with Gasteiger partial charge in [-0.25, -0.2) is 18.0 Å². The van der Waals surface area contributed by atoms with Gasteiger partial charge in [0.25, 0.3) is 5.56 Å². The number of halogens is 6. The molecule has 3 N–H and O–H groups in total. The van der Waals surface area contributed by atoms with E-state index in [2.05, 4.69) is 5.10 Å². The van der Waals surface area contributed by atoms with Crippen molar-refractivity contribution < 1.29 is 50.5 Å². The number of benzene rings is 2. The number of carbonyl (C=O) groups excluding carboxylic acids is 1. The molecule has 2 aromatic carbocycles. The van der Waals surface area contributed by atoms with E-state index in [1.165, 1.54) is 25.1 Å². The Labute approximate surface area is 311 Å². The molecule has 1 unspecified atom stereocenters. The van der Waals surface area contributed by atoms with Crippen LogP contribution in [0.1, 0.15) is 66.1 Å². The lowest BCUT2D eigenvalue weighted by Gasteiger charge is -2.34. The molecule has 0 bridgehead atoms. The molecule has 1 aliphatic carbocycles. The number of nitrogens with zero attached hydrogens (tertiary/aromatic N) is 4. The van der Waals surface area contributed by atoms with Gasteiger partial charge in [0.1, 0.15) is 23.6 Å². The molecule has 4 aromatic rings. The molecule has 2 fully saturated rings. The minimum absolute atomic E-state index is 0.0132. The van der Waals surface area contributed by atoms with Gasteiger partial charge in [0, 0.05) is 61.8 Å². The van der Waals surface area contributed by atoms with Crippen LogP contribution in [0.4, 0.5) is 26.3 Å². The molecule has 2 aromatic heterocycles. The summed E-state index contributed by atoms with van der Waals surface area (Å²) in [5, 5.41) is 14.8. The summed E-state index contributed by atoms with van der Waals surface area (Å²) >= 11 is 0. The van der Waals surface area contributed by atoms with Crippen molar-refractivity contribution >= 4 is 11.9 Å². The molecule has 1 saturated carbocycles. The summed E-state index contributed by atoms with van der Waals surface area (Å²) < 4.78 is 99.5. The third-order valence-corrected chi connectivity index (χ3v) is 9.62. The average Bonchev–Trinajstić information content (AvgIpc) is 3.83. The van der Waals surface area contributed by atoms with E-state index in [4.69, 9.17) is 15.2 Å². The zero-order valence-electron chi connectivity index (χ0n) is 29.9. The zero-order valence-corrected chi connectivity index (χ0v) is 29.9. The standard InChI is InChI=1S/C38H39F6N5O6/c1-3-54-33(51)14-31(45)27-11-23(10-20(2)34(27)41)28-19-48(15-21-4-5-21)46-36(28)55-25-6-7-30(40)26(12-25)35(37(52)53)49-16-22(8-9-47-17-24(39)18-47)29(13-32(49)50)38(42,43)44/h6-7,10-13,16,19,21,24,31,35H,3-5,8-9,14-15,17-18,45H2,1-2H3,(H,52,53)/t31-,35?/m0/s1. The summed E-state index contributed by atoms with van der Waals surface area (Å²) in [5.41, 5.74) is 3.63. The van der Waals surface area contributed by atoms with E-state index in [0.717, 1.165) is 31.2 Å². The number of pyridine rings is 1. The van der Waals surface area contributed by atoms with Gasteiger partial charge in [-0.1, -0.05) is 0 Å². The number of likely N-dealkylation sites (tertiary alicyclic amines) is 1. The fraction of sp³-hybridized carbons (Fsp3) is 0.421. The molecule has 55 heavy (non-hydrogen) atoms. The van der Waals surface area contributed by atoms with Crippen molar-refractivity contribution in [3.8, 4) is 22.8 Å². The van der Waals surface area contributed by atoms with Crippen LogP contribution in [0, 0.1) is 24.5 Å². The number of carboxylic acids is 1. The predicted molar refractivity (Wildman–Crippen MR) is 186 cm³/mol. The number of ether oxygens (including phenoxy) is 2. The van der Waals surface area contributed by atoms with Gasteiger partial charge in [0.15, 0.2) is 6.04 Å². The van der Waals surface area contributed by atoms with E-state index in [0.29, 0.717) is 28.2 Å². The number of hydrogen-bond donors (Lipinski definition) is 2. The van der Waals surface area contributed by atoms with E-state index >= 15 is 8.78 Å². The maximum Gasteiger partial charge on any atom is 0.416 e. The smallest absolute Gasteiger partial charge is 0.416 e. The molecule has 294 valence electrons. The Balaban J connectivity index is 1.37. The molecule has 2 atom stereocenters. The maximum absolute atomic E-state index is 15.5. The largest absolute Gasteiger partial charge is 0.479 e. The topological polar surface area (TPSA) is 142 Å². The van der Waals surface area contributed by atoms with Crippen LogP contribution in [0.15, 0.2) is 53.6 Å². The van der Waals surface area contributed by atoms with Crippen molar-refractivity contribution in [3.63, 3.8) is 0 Å². The van der Waals surface area contributed by atoms with E-state index in [9.17, 15) is 37.1 Å². The summed E-state index contributed by atoms with van der Waals surface area (Å²) in [5.74, 6) is -3.85. The molecular formula is C38H39F6N5O6. The Kier molecular flexibility index (Phi) is 11.4. The first-order valence-corrected chi connectivity index (χ1v) is 17.7. The van der Waals surface area contributed by atoms with Gasteiger partial charge >= 0.3 is 18.1 Å². The van der Waals surface area contributed by atoms with Crippen molar-refractivity contribution in [1.82, 2.24) is 19.2 Å². The molecule has 3 heterocycles. The lowest BCUT2D eigenvalue weighted by Crippen LogP contribution is -2.49. The maximum atomic E-state index is 15.5. The van der Waals surface area contributed by atoms with E-state index in [-0.39, 0.29) is 67.9 Å². The molecule has 1 aliphatic heterocycles. The normalized spacial score (nSPS) is 16.1. The number of aliphatic carboxylic acids is 1. The number of rotatable bonds is 15. The number of carboxylic acid groups (broad SMARTS) is 1. The first kappa shape index (κ1) is 39.5. The SMILES string of the molecule is CCOC(=O)C[C@H](N)c1cc(-c2cn(CC3CC3)nc2Oc2ccc(F)c(C(C(=O)O)n3cc(CCN4CC(F)C4)c(C(F)(F)F)cc3=O)c2)cc(C)c1F. The van der Waals surface area contributed by atoms with Crippen LogP contribution in [-0.4, -0.2) is 68.7 Å². The number of alkyl halides is 4. The second-order valence-corrected chi connectivity index (χ2v) is 13.9. The second kappa shape index (κ2) is 15.9. The van der Waals surface area contributed by atoms with Crippen molar-refractivity contribution in [1.29, 1.82) is 0 Å². The number of aromatic nitrogens is 3. The number of aryl methyl sites for hydroxylation is 1. The molecule has 1 saturated heterocycles. The Hall–Kier alpha value is -5.16. The third-order valence-electron chi connectivity index (χ3n) is 9.62. The van der Waals surface area contributed by atoms with Crippen LogP contribution in [0.2, 0.25) is 0 Å². The summed E-state index contributed by atoms with van der Waals surface area (Å²) in [7, 11) is 0. The Morgan fingerprint density at radius 3 is 2.44 bits per heavy atom. The van der Waals surface area contributed by atoms with Crippen LogP contribution in [-0.2, 0) is 33.5 Å². The molecule has 11 nitrogen and oxygen atoms in total. The van der Waals surface area contributed by atoms with E-state index < -0.39 is 70.3 Å². The van der Waals surface area contributed by atoms with Gasteiger partial charge < -0.3 is 20.3 Å². The molecular weight excluding hydrogens is 736 g/mol. The van der Waals surface area contributed by atoms with Crippen molar-refractivity contribution in [2.45, 2.75) is 70.5 Å². The molecule has 6 rings (SSSR count). The number of carbonyl (C=O) groups is 2. The summed E-state index contributed by atoms with van der Waals surface area (Å²) in [6.45, 7) is 3.87. The quantitative estimate of drug-likeness (QED) is 0.105. The zero-order chi connectivity index (χ0) is 39.8. The van der Waals surface area contributed by atoms with E-state index in [1.807, 2.05) is 0 Å². The first-order chi connectivity index (χ1) is 26.0. The summed E-state index contributed by atoms with van der Waals surface area (Å²) in [6.07, 6.45) is -2.26. The van der Waals surface area contributed by atoms with Gasteiger partial charge in [-0.15, -0.1) is 5.10 Å². The molecule has 0 radical (unpaired) electrons. The monoisotopic (exact) mass is 775 g/mol. The van der Waals surface area contributed by atoms with Gasteiger partial charge in [0.05, 0.1) is 24.2 Å². The highest BCUT2D eigenvalue weighted by atomic mass is 19.4. The molecule has 17 heteroatoms. The Bertz CT molecular complexity index is 2140. The fourth-order valence-electron chi connectivity index (χ4n) is 6.60. The van der Waals surface area contributed by atoms with Crippen molar-refractivity contribution in [2.75, 3.05) is 26.2 Å². The predicted octanol–water partition coefficient (Wildman–Crippen LogP) is 6.34. The minimum Gasteiger partial charge on any atom is -0.479 e. The number of esters is 1. The number of nitrogens with two attached hydrogens (primary N) is 1. The summed E-state index contributed by atoms with van der Waals surface area (Å²) in [4.78, 5) is 39.5.